The molecular weight excluding hydrogens is 462 g/mol. The van der Waals surface area contributed by atoms with Crippen LogP contribution in [0.15, 0.2) is 36.4 Å². The van der Waals surface area contributed by atoms with Crippen molar-refractivity contribution in [3.05, 3.63) is 68.9 Å². The minimum Gasteiger partial charge on any atom is -0.453 e. The number of hydrogen-bond acceptors (Lipinski definition) is 6. The molecule has 0 N–H and O–H groups in total. The van der Waals surface area contributed by atoms with Crippen LogP contribution in [-0.4, -0.2) is 46.4 Å². The molecule has 4 rings (SSSR count). The van der Waals surface area contributed by atoms with Crippen LogP contribution >= 0.6 is 22.9 Å². The van der Waals surface area contributed by atoms with Crippen molar-refractivity contribution >= 4 is 44.9 Å². The number of ketones is 1. The van der Waals surface area contributed by atoms with Gasteiger partial charge in [0.2, 0.25) is 5.78 Å². The number of aryl methyl sites for hydroxylation is 2. The molecule has 0 amide bonds. The Bertz CT molecular complexity index is 1330. The highest BCUT2D eigenvalue weighted by Gasteiger charge is 2.21. The van der Waals surface area contributed by atoms with Gasteiger partial charge in [0.25, 0.3) is 0 Å². The number of hydrogen-bond donors (Lipinski definition) is 0. The van der Waals surface area contributed by atoms with E-state index in [9.17, 15) is 9.59 Å². The average Bonchev–Trinajstić information content (AvgIpc) is 3.45. The lowest BCUT2D eigenvalue weighted by atomic mass is 10.1. The van der Waals surface area contributed by atoms with E-state index in [0.717, 1.165) is 33.0 Å². The molecule has 3 aromatic heterocycles. The molecule has 0 aliphatic rings. The maximum Gasteiger partial charge on any atom is 0.348 e. The number of methoxy groups -OCH3 is 1. The Balaban J connectivity index is 1.50. The number of ether oxygens (including phenoxy) is 2. The van der Waals surface area contributed by atoms with Gasteiger partial charge in [-0.3, -0.25) is 4.79 Å². The van der Waals surface area contributed by atoms with E-state index in [4.69, 9.17) is 21.1 Å². The molecule has 9 heteroatoms. The summed E-state index contributed by atoms with van der Waals surface area (Å²) in [7, 11) is 1.64. The molecule has 4 aromatic rings. The normalized spacial score (nSPS) is 11.3. The summed E-state index contributed by atoms with van der Waals surface area (Å²) in [6, 6.07) is 10.9. The summed E-state index contributed by atoms with van der Waals surface area (Å²) in [5, 5.41) is 6.08. The van der Waals surface area contributed by atoms with Gasteiger partial charge in [-0.2, -0.15) is 5.10 Å². The predicted octanol–water partition coefficient (Wildman–Crippen LogP) is 5.15. The van der Waals surface area contributed by atoms with E-state index in [1.54, 1.807) is 30.0 Å². The molecule has 0 unspecified atom stereocenters. The van der Waals surface area contributed by atoms with Crippen molar-refractivity contribution in [1.82, 2.24) is 14.3 Å². The standard InChI is InChI=1S/C24H24ClN3O4S/c1-14-11-20(16(3)27(14)9-10-31-4)21(29)13-32-24(30)22-12-19-15(2)26-28(23(19)33-22)18-7-5-17(25)6-8-18/h5-8,11-12H,9-10,13H2,1-4H3. The minimum atomic E-state index is -0.528. The van der Waals surface area contributed by atoms with Gasteiger partial charge in [-0.1, -0.05) is 11.6 Å². The Labute approximate surface area is 200 Å². The summed E-state index contributed by atoms with van der Waals surface area (Å²) in [4.78, 5) is 26.7. The number of fused-ring (bicyclic) bond motifs is 1. The predicted molar refractivity (Wildman–Crippen MR) is 129 cm³/mol. The summed E-state index contributed by atoms with van der Waals surface area (Å²) < 4.78 is 14.3. The second-order valence-corrected chi connectivity index (χ2v) is 9.20. The summed E-state index contributed by atoms with van der Waals surface area (Å²) in [6.07, 6.45) is 0. The zero-order valence-corrected chi connectivity index (χ0v) is 20.4. The fourth-order valence-electron chi connectivity index (χ4n) is 3.80. The molecule has 0 atom stereocenters. The second kappa shape index (κ2) is 9.51. The van der Waals surface area contributed by atoms with Crippen LogP contribution in [0, 0.1) is 20.8 Å². The quantitative estimate of drug-likeness (QED) is 0.255. The molecule has 0 spiro atoms. The van der Waals surface area contributed by atoms with Gasteiger partial charge in [0.05, 0.1) is 18.0 Å². The molecule has 0 fully saturated rings. The summed E-state index contributed by atoms with van der Waals surface area (Å²) in [5.74, 6) is -0.760. The molecule has 0 aliphatic heterocycles. The molecule has 1 aromatic carbocycles. The number of Topliss-reactive ketones (excluding diaryl/α,β-unsaturated/α-hetero) is 1. The highest BCUT2D eigenvalue weighted by Crippen LogP contribution is 2.31. The highest BCUT2D eigenvalue weighted by molar-refractivity contribution is 7.20. The SMILES string of the molecule is COCCn1c(C)cc(C(=O)COC(=O)c2cc3c(C)nn(-c4ccc(Cl)cc4)c3s2)c1C. The van der Waals surface area contributed by atoms with Crippen LogP contribution in [0.4, 0.5) is 0 Å². The first-order valence-corrected chi connectivity index (χ1v) is 11.6. The zero-order valence-electron chi connectivity index (χ0n) is 18.8. The van der Waals surface area contributed by atoms with Crippen molar-refractivity contribution in [2.24, 2.45) is 0 Å². The van der Waals surface area contributed by atoms with Gasteiger partial charge in [-0.15, -0.1) is 11.3 Å². The van der Waals surface area contributed by atoms with Crippen LogP contribution in [0.5, 0.6) is 0 Å². The van der Waals surface area contributed by atoms with Crippen LogP contribution in [-0.2, 0) is 16.0 Å². The van der Waals surface area contributed by atoms with Crippen molar-refractivity contribution in [3.8, 4) is 5.69 Å². The number of nitrogens with zero attached hydrogens (tertiary/aromatic N) is 3. The molecule has 0 radical (unpaired) electrons. The lowest BCUT2D eigenvalue weighted by Gasteiger charge is -2.09. The molecule has 0 aliphatic carbocycles. The molecule has 0 bridgehead atoms. The lowest BCUT2D eigenvalue weighted by molar-refractivity contribution is 0.0479. The number of thiophene rings is 1. The highest BCUT2D eigenvalue weighted by atomic mass is 35.5. The molecule has 0 saturated carbocycles. The van der Waals surface area contributed by atoms with Crippen molar-refractivity contribution in [3.63, 3.8) is 0 Å². The fraction of sp³-hybridized carbons (Fsp3) is 0.292. The van der Waals surface area contributed by atoms with Gasteiger partial charge in [0.15, 0.2) is 6.61 Å². The number of carbonyl (C=O) groups is 2. The average molecular weight is 486 g/mol. The van der Waals surface area contributed by atoms with Gasteiger partial charge in [-0.25, -0.2) is 9.48 Å². The number of carbonyl (C=O) groups excluding carboxylic acids is 2. The third kappa shape index (κ3) is 4.59. The monoisotopic (exact) mass is 485 g/mol. The first kappa shape index (κ1) is 23.2. The number of esters is 1. The Morgan fingerprint density at radius 1 is 1.12 bits per heavy atom. The summed E-state index contributed by atoms with van der Waals surface area (Å²) in [5.41, 5.74) is 4.01. The maximum absolute atomic E-state index is 12.7. The second-order valence-electron chi connectivity index (χ2n) is 7.73. The van der Waals surface area contributed by atoms with Gasteiger partial charge in [0, 0.05) is 41.0 Å². The Hall–Kier alpha value is -2.94. The molecule has 33 heavy (non-hydrogen) atoms. The largest absolute Gasteiger partial charge is 0.453 e. The topological polar surface area (TPSA) is 75.3 Å². The van der Waals surface area contributed by atoms with Crippen LogP contribution in [0.2, 0.25) is 5.02 Å². The van der Waals surface area contributed by atoms with Crippen LogP contribution < -0.4 is 0 Å². The van der Waals surface area contributed by atoms with E-state index in [1.807, 2.05) is 43.5 Å². The first-order valence-electron chi connectivity index (χ1n) is 10.4. The smallest absolute Gasteiger partial charge is 0.348 e. The zero-order chi connectivity index (χ0) is 23.7. The Morgan fingerprint density at radius 3 is 2.55 bits per heavy atom. The van der Waals surface area contributed by atoms with E-state index in [1.165, 1.54) is 11.3 Å². The van der Waals surface area contributed by atoms with E-state index in [0.29, 0.717) is 28.6 Å². The number of aromatic nitrogens is 3. The molecule has 3 heterocycles. The first-order chi connectivity index (χ1) is 15.8. The van der Waals surface area contributed by atoms with E-state index in [2.05, 4.69) is 5.10 Å². The molecule has 0 saturated heterocycles. The van der Waals surface area contributed by atoms with Gasteiger partial charge >= 0.3 is 5.97 Å². The van der Waals surface area contributed by atoms with Crippen molar-refractivity contribution in [2.75, 3.05) is 20.3 Å². The van der Waals surface area contributed by atoms with Crippen molar-refractivity contribution < 1.29 is 19.1 Å². The minimum absolute atomic E-state index is 0.232. The summed E-state index contributed by atoms with van der Waals surface area (Å²) in [6.45, 7) is 6.61. The number of rotatable bonds is 8. The number of benzene rings is 1. The number of halogens is 1. The molecule has 172 valence electrons. The Kier molecular flexibility index (Phi) is 6.69. The third-order valence-electron chi connectivity index (χ3n) is 5.54. The van der Waals surface area contributed by atoms with Gasteiger partial charge in [-0.05, 0) is 57.2 Å². The van der Waals surface area contributed by atoms with Crippen LogP contribution in [0.1, 0.15) is 37.1 Å². The van der Waals surface area contributed by atoms with Gasteiger partial charge < -0.3 is 14.0 Å². The fourth-order valence-corrected chi connectivity index (χ4v) is 5.00. The van der Waals surface area contributed by atoms with E-state index >= 15 is 0 Å². The van der Waals surface area contributed by atoms with E-state index < -0.39 is 5.97 Å². The van der Waals surface area contributed by atoms with Crippen LogP contribution in [0.25, 0.3) is 15.9 Å². The summed E-state index contributed by atoms with van der Waals surface area (Å²) >= 11 is 7.27. The van der Waals surface area contributed by atoms with E-state index in [-0.39, 0.29) is 12.4 Å². The van der Waals surface area contributed by atoms with Gasteiger partial charge in [0.1, 0.15) is 9.71 Å². The van der Waals surface area contributed by atoms with Crippen molar-refractivity contribution in [2.45, 2.75) is 27.3 Å². The third-order valence-corrected chi connectivity index (χ3v) is 6.89. The Morgan fingerprint density at radius 2 is 1.85 bits per heavy atom. The maximum atomic E-state index is 12.7. The van der Waals surface area contributed by atoms with Crippen LogP contribution in [0.3, 0.4) is 0 Å². The van der Waals surface area contributed by atoms with Crippen molar-refractivity contribution in [1.29, 1.82) is 0 Å². The lowest BCUT2D eigenvalue weighted by Crippen LogP contribution is -2.15. The molecule has 7 nitrogen and oxygen atoms in total. The molecular formula is C24H24ClN3O4S.